The Morgan fingerprint density at radius 2 is 2.04 bits per heavy atom. The van der Waals surface area contributed by atoms with Gasteiger partial charge in [-0.2, -0.15) is 5.10 Å². The summed E-state index contributed by atoms with van der Waals surface area (Å²) in [6.07, 6.45) is 7.74. The lowest BCUT2D eigenvalue weighted by atomic mass is 9.99. The van der Waals surface area contributed by atoms with E-state index in [1.54, 1.807) is 9.58 Å². The first kappa shape index (κ1) is 14.9. The monoisotopic (exact) mass is 343 g/mol. The maximum Gasteiger partial charge on any atom is 0.262 e. The third-order valence-electron chi connectivity index (χ3n) is 5.05. The van der Waals surface area contributed by atoms with E-state index in [0.717, 1.165) is 39.1 Å². The largest absolute Gasteiger partial charge is 0.397 e. The van der Waals surface area contributed by atoms with Crippen molar-refractivity contribution in [2.75, 3.05) is 5.73 Å². The molecule has 3 aromatic rings. The quantitative estimate of drug-likeness (QED) is 0.776. The second-order valence-corrected chi connectivity index (χ2v) is 6.69. The Labute approximate surface area is 150 Å². The first-order valence-corrected chi connectivity index (χ1v) is 8.46. The summed E-state index contributed by atoms with van der Waals surface area (Å²) < 4.78 is 1.79. The SMILES string of the molecule is Cc1nn(C)cc1-c1cccc2c(N)c3c(nc12)CN(C1=CC=C1)C3=O. The average Bonchev–Trinajstić information content (AvgIpc) is 3.05. The molecule has 6 heteroatoms. The van der Waals surface area contributed by atoms with Crippen LogP contribution in [-0.2, 0) is 13.6 Å². The fraction of sp³-hybridized carbons (Fsp3) is 0.150. The number of fused-ring (bicyclic) bond motifs is 2. The van der Waals surface area contributed by atoms with Crippen molar-refractivity contribution in [3.63, 3.8) is 0 Å². The van der Waals surface area contributed by atoms with Gasteiger partial charge < -0.3 is 10.6 Å². The van der Waals surface area contributed by atoms with Crippen molar-refractivity contribution in [1.29, 1.82) is 0 Å². The zero-order chi connectivity index (χ0) is 18.0. The molecule has 0 atom stereocenters. The number of para-hydroxylation sites is 1. The second kappa shape index (κ2) is 5.05. The molecule has 0 spiro atoms. The molecular formula is C20H17N5O. The minimum Gasteiger partial charge on any atom is -0.397 e. The van der Waals surface area contributed by atoms with Gasteiger partial charge in [-0.1, -0.05) is 24.3 Å². The number of amides is 1. The summed E-state index contributed by atoms with van der Waals surface area (Å²) in [5.74, 6) is -0.0783. The minimum absolute atomic E-state index is 0.0783. The number of nitrogens with two attached hydrogens (primary N) is 1. The molecular weight excluding hydrogens is 326 g/mol. The normalized spacial score (nSPS) is 15.4. The zero-order valence-electron chi connectivity index (χ0n) is 14.5. The Balaban J connectivity index is 1.75. The third kappa shape index (κ3) is 1.89. The van der Waals surface area contributed by atoms with Gasteiger partial charge in [0.25, 0.3) is 5.91 Å². The number of aromatic nitrogens is 3. The number of nitrogen functional groups attached to an aromatic ring is 1. The van der Waals surface area contributed by atoms with Crippen LogP contribution in [0.3, 0.4) is 0 Å². The van der Waals surface area contributed by atoms with Crippen molar-refractivity contribution in [3.8, 4) is 11.1 Å². The number of carbonyl (C=O) groups is 1. The molecule has 2 aromatic heterocycles. The number of allylic oxidation sites excluding steroid dienone is 3. The van der Waals surface area contributed by atoms with Gasteiger partial charge in [-0.3, -0.25) is 9.48 Å². The molecule has 1 aromatic carbocycles. The van der Waals surface area contributed by atoms with Gasteiger partial charge in [0.15, 0.2) is 0 Å². The van der Waals surface area contributed by atoms with Crippen LogP contribution in [0, 0.1) is 6.92 Å². The van der Waals surface area contributed by atoms with Crippen molar-refractivity contribution in [1.82, 2.24) is 19.7 Å². The van der Waals surface area contributed by atoms with Gasteiger partial charge in [0.05, 0.1) is 34.7 Å². The van der Waals surface area contributed by atoms with E-state index in [9.17, 15) is 4.79 Å². The molecule has 0 bridgehead atoms. The highest BCUT2D eigenvalue weighted by Crippen LogP contribution is 2.38. The Morgan fingerprint density at radius 1 is 1.23 bits per heavy atom. The van der Waals surface area contributed by atoms with E-state index in [0.29, 0.717) is 17.8 Å². The van der Waals surface area contributed by atoms with Crippen LogP contribution in [0.25, 0.3) is 22.0 Å². The molecule has 2 aliphatic rings. The molecule has 1 aliphatic carbocycles. The fourth-order valence-corrected chi connectivity index (χ4v) is 3.72. The second-order valence-electron chi connectivity index (χ2n) is 6.69. The number of anilines is 1. The highest BCUT2D eigenvalue weighted by atomic mass is 16.2. The topological polar surface area (TPSA) is 77.0 Å². The molecule has 0 fully saturated rings. The fourth-order valence-electron chi connectivity index (χ4n) is 3.72. The summed E-state index contributed by atoms with van der Waals surface area (Å²) >= 11 is 0. The molecule has 0 unspecified atom stereocenters. The van der Waals surface area contributed by atoms with Crippen LogP contribution in [0.4, 0.5) is 5.69 Å². The van der Waals surface area contributed by atoms with E-state index < -0.39 is 0 Å². The Morgan fingerprint density at radius 3 is 2.69 bits per heavy atom. The molecule has 0 radical (unpaired) electrons. The number of hydrogen-bond acceptors (Lipinski definition) is 4. The van der Waals surface area contributed by atoms with E-state index in [1.165, 1.54) is 0 Å². The van der Waals surface area contributed by atoms with E-state index in [-0.39, 0.29) is 5.91 Å². The van der Waals surface area contributed by atoms with Gasteiger partial charge in [0, 0.05) is 35.5 Å². The van der Waals surface area contributed by atoms with Crippen LogP contribution >= 0.6 is 0 Å². The van der Waals surface area contributed by atoms with Crippen LogP contribution in [0.2, 0.25) is 0 Å². The lowest BCUT2D eigenvalue weighted by molar-refractivity contribution is 0.0831. The van der Waals surface area contributed by atoms with Crippen LogP contribution in [-0.4, -0.2) is 25.6 Å². The summed E-state index contributed by atoms with van der Waals surface area (Å²) in [6.45, 7) is 2.43. The maximum absolute atomic E-state index is 12.8. The first-order chi connectivity index (χ1) is 12.5. The smallest absolute Gasteiger partial charge is 0.262 e. The van der Waals surface area contributed by atoms with Crippen molar-refractivity contribution in [2.45, 2.75) is 13.5 Å². The standard InChI is InChI=1S/C20H17N5O/c1-11-15(9-24(2)23-11)13-7-4-8-14-18(21)17-16(22-19(13)14)10-25(20(17)26)12-5-3-6-12/h3-9H,10H2,1-2H3,(H2,21,22). The van der Waals surface area contributed by atoms with Crippen molar-refractivity contribution < 1.29 is 4.79 Å². The van der Waals surface area contributed by atoms with Gasteiger partial charge >= 0.3 is 0 Å². The Kier molecular flexibility index (Phi) is 2.89. The summed E-state index contributed by atoms with van der Waals surface area (Å²) in [4.78, 5) is 19.4. The summed E-state index contributed by atoms with van der Waals surface area (Å²) in [6, 6.07) is 5.89. The van der Waals surface area contributed by atoms with Gasteiger partial charge in [0.2, 0.25) is 0 Å². The molecule has 3 heterocycles. The van der Waals surface area contributed by atoms with Crippen LogP contribution < -0.4 is 5.73 Å². The number of pyridine rings is 1. The number of hydrogen-bond donors (Lipinski definition) is 1. The zero-order valence-corrected chi connectivity index (χ0v) is 14.5. The van der Waals surface area contributed by atoms with Crippen molar-refractivity contribution >= 4 is 22.5 Å². The minimum atomic E-state index is -0.0783. The molecule has 1 aliphatic heterocycles. The van der Waals surface area contributed by atoms with E-state index >= 15 is 0 Å². The third-order valence-corrected chi connectivity index (χ3v) is 5.05. The van der Waals surface area contributed by atoms with Gasteiger partial charge in [0.1, 0.15) is 0 Å². The van der Waals surface area contributed by atoms with E-state index in [2.05, 4.69) is 5.10 Å². The Hall–Kier alpha value is -3.41. The predicted octanol–water partition coefficient (Wildman–Crippen LogP) is 2.94. The summed E-state index contributed by atoms with van der Waals surface area (Å²) in [5, 5.41) is 5.24. The number of rotatable bonds is 2. The first-order valence-electron chi connectivity index (χ1n) is 8.46. The van der Waals surface area contributed by atoms with Gasteiger partial charge in [-0.15, -0.1) is 0 Å². The molecule has 0 saturated carbocycles. The molecule has 5 rings (SSSR count). The van der Waals surface area contributed by atoms with E-state index in [1.807, 2.05) is 56.6 Å². The molecule has 2 N–H and O–H groups in total. The molecule has 128 valence electrons. The van der Waals surface area contributed by atoms with Gasteiger partial charge in [-0.25, -0.2) is 4.98 Å². The van der Waals surface area contributed by atoms with E-state index in [4.69, 9.17) is 10.7 Å². The van der Waals surface area contributed by atoms with Crippen LogP contribution in [0.1, 0.15) is 21.7 Å². The summed E-state index contributed by atoms with van der Waals surface area (Å²) in [7, 11) is 1.90. The predicted molar refractivity (Wildman–Crippen MR) is 100 cm³/mol. The maximum atomic E-state index is 12.8. The van der Waals surface area contributed by atoms with Crippen molar-refractivity contribution in [2.24, 2.45) is 7.05 Å². The number of nitrogens with zero attached hydrogens (tertiary/aromatic N) is 4. The number of benzene rings is 1. The molecule has 1 amide bonds. The molecule has 6 nitrogen and oxygen atoms in total. The lowest BCUT2D eigenvalue weighted by Crippen LogP contribution is -2.24. The van der Waals surface area contributed by atoms with Gasteiger partial charge in [-0.05, 0) is 19.1 Å². The lowest BCUT2D eigenvalue weighted by Gasteiger charge is -2.19. The van der Waals surface area contributed by atoms with Crippen LogP contribution in [0.5, 0.6) is 0 Å². The molecule has 26 heavy (non-hydrogen) atoms. The average molecular weight is 343 g/mol. The number of carbonyl (C=O) groups excluding carboxylic acids is 1. The highest BCUT2D eigenvalue weighted by Gasteiger charge is 2.34. The number of aryl methyl sites for hydroxylation is 2. The molecule has 0 saturated heterocycles. The highest BCUT2D eigenvalue weighted by molar-refractivity contribution is 6.12. The summed E-state index contributed by atoms with van der Waals surface area (Å²) in [5.41, 5.74) is 12.8. The van der Waals surface area contributed by atoms with Crippen LogP contribution in [0.15, 0.2) is 48.3 Å². The Bertz CT molecular complexity index is 1170. The van der Waals surface area contributed by atoms with Crippen molar-refractivity contribution in [3.05, 3.63) is 65.3 Å².